The quantitative estimate of drug-likeness (QED) is 0.388. The molecule has 0 saturated carbocycles. The van der Waals surface area contributed by atoms with Gasteiger partial charge in [-0.3, -0.25) is 0 Å². The molecule has 2 nitrogen and oxygen atoms in total. The lowest BCUT2D eigenvalue weighted by molar-refractivity contribution is -0.448. The summed E-state index contributed by atoms with van der Waals surface area (Å²) in [6.45, 7) is 0.701. The van der Waals surface area contributed by atoms with Gasteiger partial charge in [0.1, 0.15) is 0 Å². The van der Waals surface area contributed by atoms with Crippen molar-refractivity contribution < 1.29 is 4.99 Å². The fourth-order valence-electron chi connectivity index (χ4n) is 0.392. The van der Waals surface area contributed by atoms with Crippen LogP contribution in [0.2, 0.25) is 0 Å². The number of nitrogens with zero attached hydrogens (tertiary/aromatic N) is 1. The Bertz CT molecular complexity index is 108. The van der Waals surface area contributed by atoms with Gasteiger partial charge in [-0.2, -0.15) is 0 Å². The van der Waals surface area contributed by atoms with Crippen molar-refractivity contribution in [1.82, 2.24) is 0 Å². The van der Waals surface area contributed by atoms with E-state index in [1.807, 2.05) is 18.4 Å². The highest BCUT2D eigenvalue weighted by Gasteiger charge is 1.77. The number of nitrogens with one attached hydrogen (secondary N) is 1. The highest BCUT2D eigenvalue weighted by molar-refractivity contribution is 5.79. The van der Waals surface area contributed by atoms with E-state index in [0.29, 0.717) is 6.67 Å². The molecule has 0 radical (unpaired) electrons. The molecule has 0 unspecified atom stereocenters. The fraction of sp³-hybridized carbons (Fsp3) is 0.200. The van der Waals surface area contributed by atoms with Crippen LogP contribution < -0.4 is 4.99 Å². The first-order valence-corrected chi connectivity index (χ1v) is 2.22. The molecular formula is C5H7N2+. The summed E-state index contributed by atoms with van der Waals surface area (Å²) < 4.78 is 0. The maximum absolute atomic E-state index is 3.92. The first-order chi connectivity index (χ1) is 3.50. The molecule has 0 spiro atoms. The Hall–Kier alpha value is -0.920. The average Bonchev–Trinajstić information content (AvgIpc) is 1.90. The van der Waals surface area contributed by atoms with Crippen molar-refractivity contribution in [3.63, 3.8) is 0 Å². The van der Waals surface area contributed by atoms with Gasteiger partial charge in [0.05, 0.1) is 0 Å². The zero-order valence-electron chi connectivity index (χ0n) is 3.96. The van der Waals surface area contributed by atoms with Gasteiger partial charge in [0.2, 0.25) is 6.67 Å². The lowest BCUT2D eigenvalue weighted by Crippen LogP contribution is -2.67. The third kappa shape index (κ3) is 1.30. The van der Waals surface area contributed by atoms with E-state index in [1.165, 1.54) is 0 Å². The maximum atomic E-state index is 3.92. The Morgan fingerprint density at radius 2 is 2.43 bits per heavy atom. The van der Waals surface area contributed by atoms with Gasteiger partial charge in [-0.25, -0.2) is 9.98 Å². The molecule has 0 amide bonds. The van der Waals surface area contributed by atoms with Crippen molar-refractivity contribution in [3.8, 4) is 0 Å². The van der Waals surface area contributed by atoms with Crippen molar-refractivity contribution in [2.24, 2.45) is 4.99 Å². The van der Waals surface area contributed by atoms with Gasteiger partial charge >= 0.3 is 0 Å². The number of hydrogen-bond acceptors (Lipinski definition) is 1. The predicted molar refractivity (Wildman–Crippen MR) is 29.5 cm³/mol. The lowest BCUT2D eigenvalue weighted by atomic mass is 10.5. The molecule has 1 aliphatic rings. The summed E-state index contributed by atoms with van der Waals surface area (Å²) in [6.07, 6.45) is 7.44. The van der Waals surface area contributed by atoms with Crippen LogP contribution in [0.15, 0.2) is 17.1 Å². The number of aliphatic imine (C=N–C) groups is 1. The van der Waals surface area contributed by atoms with Crippen molar-refractivity contribution in [3.05, 3.63) is 12.2 Å². The van der Waals surface area contributed by atoms with Gasteiger partial charge < -0.3 is 0 Å². The molecule has 0 atom stereocenters. The van der Waals surface area contributed by atoms with Crippen LogP contribution in [-0.4, -0.2) is 19.1 Å². The van der Waals surface area contributed by atoms with Crippen LogP contribution in [-0.2, 0) is 0 Å². The van der Waals surface area contributed by atoms with Gasteiger partial charge in [0, 0.05) is 12.3 Å². The lowest BCUT2D eigenvalue weighted by Gasteiger charge is -1.66. The van der Waals surface area contributed by atoms with Gasteiger partial charge in [-0.1, -0.05) is 0 Å². The Kier molecular flexibility index (Phi) is 1.39. The number of allylic oxidation sites excluding steroid dienone is 2. The Balaban J connectivity index is 2.60. The zero-order chi connectivity index (χ0) is 4.95. The maximum Gasteiger partial charge on any atom is 0.233 e. The van der Waals surface area contributed by atoms with Gasteiger partial charge in [-0.05, 0) is 6.08 Å². The van der Waals surface area contributed by atoms with E-state index in [-0.39, 0.29) is 0 Å². The summed E-state index contributed by atoms with van der Waals surface area (Å²) in [5.74, 6) is 0. The minimum absolute atomic E-state index is 0.701. The Labute approximate surface area is 42.3 Å². The second kappa shape index (κ2) is 2.29. The Morgan fingerprint density at radius 1 is 1.43 bits per heavy atom. The summed E-state index contributed by atoms with van der Waals surface area (Å²) in [5.41, 5.74) is 0. The molecular weight excluding hydrogens is 88.1 g/mol. The highest BCUT2D eigenvalue weighted by Crippen LogP contribution is 1.62. The van der Waals surface area contributed by atoms with Crippen molar-refractivity contribution >= 4 is 12.4 Å². The monoisotopic (exact) mass is 95.1 g/mol. The standard InChI is InChI=1S/C5H6N2/c1-2-4-7-5-6-3-1/h1-4H,5H2/p+1. The van der Waals surface area contributed by atoms with Crippen LogP contribution in [0.5, 0.6) is 0 Å². The largest absolute Gasteiger partial charge is 0.233 e. The van der Waals surface area contributed by atoms with E-state index < -0.39 is 0 Å². The molecule has 2 heteroatoms. The average molecular weight is 95.1 g/mol. The molecule has 1 aliphatic heterocycles. The summed E-state index contributed by atoms with van der Waals surface area (Å²) in [4.78, 5) is 6.85. The summed E-state index contributed by atoms with van der Waals surface area (Å²) in [7, 11) is 0. The molecule has 0 fully saturated rings. The first-order valence-electron chi connectivity index (χ1n) is 2.22. The van der Waals surface area contributed by atoms with Gasteiger partial charge in [0.15, 0.2) is 6.21 Å². The molecule has 0 aromatic carbocycles. The Morgan fingerprint density at radius 3 is 3.43 bits per heavy atom. The molecule has 7 heavy (non-hydrogen) atoms. The van der Waals surface area contributed by atoms with E-state index >= 15 is 0 Å². The van der Waals surface area contributed by atoms with Crippen molar-refractivity contribution in [1.29, 1.82) is 0 Å². The van der Waals surface area contributed by atoms with Gasteiger partial charge in [0.25, 0.3) is 0 Å². The molecule has 0 saturated heterocycles. The second-order valence-corrected chi connectivity index (χ2v) is 1.25. The third-order valence-corrected chi connectivity index (χ3v) is 0.699. The SMILES string of the molecule is C1=CC=[NH+]CN=C1. The van der Waals surface area contributed by atoms with Crippen molar-refractivity contribution in [2.45, 2.75) is 0 Å². The van der Waals surface area contributed by atoms with Crippen LogP contribution >= 0.6 is 0 Å². The number of hydrogen-bond donors (Lipinski definition) is 1. The molecule has 0 aliphatic carbocycles. The summed E-state index contributed by atoms with van der Waals surface area (Å²) in [5, 5.41) is 0. The van der Waals surface area contributed by atoms with Gasteiger partial charge in [-0.15, -0.1) is 0 Å². The minimum Gasteiger partial charge on any atom is -0.228 e. The highest BCUT2D eigenvalue weighted by atomic mass is 14.9. The molecule has 0 aromatic heterocycles. The van der Waals surface area contributed by atoms with Crippen LogP contribution in [0.1, 0.15) is 0 Å². The van der Waals surface area contributed by atoms with E-state index in [0.717, 1.165) is 0 Å². The van der Waals surface area contributed by atoms with E-state index in [2.05, 4.69) is 9.98 Å². The molecule has 0 aromatic rings. The first kappa shape index (κ1) is 4.24. The molecule has 1 rings (SSSR count). The fourth-order valence-corrected chi connectivity index (χ4v) is 0.392. The second-order valence-electron chi connectivity index (χ2n) is 1.25. The third-order valence-electron chi connectivity index (χ3n) is 0.699. The normalized spacial score (nSPS) is 17.1. The molecule has 0 bridgehead atoms. The molecule has 1 heterocycles. The minimum atomic E-state index is 0.701. The smallest absolute Gasteiger partial charge is 0.228 e. The van der Waals surface area contributed by atoms with Crippen LogP contribution in [0.25, 0.3) is 0 Å². The topological polar surface area (TPSA) is 26.3 Å². The van der Waals surface area contributed by atoms with Crippen LogP contribution in [0.4, 0.5) is 0 Å². The van der Waals surface area contributed by atoms with E-state index in [9.17, 15) is 0 Å². The number of rotatable bonds is 0. The summed E-state index contributed by atoms with van der Waals surface area (Å²) >= 11 is 0. The van der Waals surface area contributed by atoms with E-state index in [4.69, 9.17) is 0 Å². The van der Waals surface area contributed by atoms with Crippen LogP contribution in [0, 0.1) is 0 Å². The predicted octanol–water partition coefficient (Wildman–Crippen LogP) is -1.26. The van der Waals surface area contributed by atoms with E-state index in [1.54, 1.807) is 6.21 Å². The molecule has 36 valence electrons. The molecule has 1 N–H and O–H groups in total. The summed E-state index contributed by atoms with van der Waals surface area (Å²) in [6, 6.07) is 0. The van der Waals surface area contributed by atoms with Crippen molar-refractivity contribution in [2.75, 3.05) is 6.67 Å². The van der Waals surface area contributed by atoms with Crippen LogP contribution in [0.3, 0.4) is 0 Å². The zero-order valence-corrected chi connectivity index (χ0v) is 3.96.